The molecule has 0 fully saturated rings. The third-order valence-corrected chi connectivity index (χ3v) is 8.55. The summed E-state index contributed by atoms with van der Waals surface area (Å²) in [5.41, 5.74) is 5.44. The molecule has 13 nitrogen and oxygen atoms in total. The van der Waals surface area contributed by atoms with E-state index in [1.54, 1.807) is 6.92 Å². The summed E-state index contributed by atoms with van der Waals surface area (Å²) in [6.07, 6.45) is 0. The zero-order valence-electron chi connectivity index (χ0n) is 19.7. The van der Waals surface area contributed by atoms with Gasteiger partial charge in [-0.15, -0.1) is 0 Å². The Hall–Kier alpha value is 0.200. The van der Waals surface area contributed by atoms with Crippen molar-refractivity contribution >= 4 is 62.5 Å². The standard InChI is InChI=1S/C17H16N2O11S4.3Na/c1-9-2-4-15(12(18)6-9)31(20,21)19-13-3-5-14(33(25,26)27)11-7-10(32(22,23)24)8-16(17(11)13)34(28,29)30;;;/h2-8,19H,18H2,1H3,(H,22,23,24)(H,25,26,27)(H,28,29,30);;;/q;3*+1/p-3. The number of hydrogen-bond donors (Lipinski definition) is 2. The van der Waals surface area contributed by atoms with Crippen LogP contribution in [0.5, 0.6) is 0 Å². The van der Waals surface area contributed by atoms with Gasteiger partial charge in [0.2, 0.25) is 0 Å². The van der Waals surface area contributed by atoms with E-state index in [9.17, 15) is 47.3 Å². The minimum absolute atomic E-state index is 0. The van der Waals surface area contributed by atoms with Crippen molar-refractivity contribution in [3.8, 4) is 0 Å². The fourth-order valence-corrected chi connectivity index (χ4v) is 6.34. The van der Waals surface area contributed by atoms with E-state index in [1.165, 1.54) is 12.1 Å². The second kappa shape index (κ2) is 12.8. The maximum atomic E-state index is 12.9. The summed E-state index contributed by atoms with van der Waals surface area (Å²) in [7, 11) is -21.1. The Labute approximate surface area is 279 Å². The molecule has 0 saturated heterocycles. The van der Waals surface area contributed by atoms with Crippen LogP contribution < -0.4 is 99.1 Å². The smallest absolute Gasteiger partial charge is 0.744 e. The second-order valence-corrected chi connectivity index (χ2v) is 12.7. The van der Waals surface area contributed by atoms with E-state index in [0.717, 1.165) is 6.07 Å². The minimum atomic E-state index is -5.64. The summed E-state index contributed by atoms with van der Waals surface area (Å²) in [4.78, 5) is -4.44. The van der Waals surface area contributed by atoms with Gasteiger partial charge in [0.25, 0.3) is 10.0 Å². The first-order valence-electron chi connectivity index (χ1n) is 8.70. The van der Waals surface area contributed by atoms with Crippen molar-refractivity contribution in [2.75, 3.05) is 10.5 Å². The fourth-order valence-electron chi connectivity index (χ4n) is 3.15. The quantitative estimate of drug-likeness (QED) is 0.149. The van der Waals surface area contributed by atoms with E-state index in [0.29, 0.717) is 23.8 Å². The Bertz CT molecular complexity index is 1790. The number of rotatable bonds is 6. The van der Waals surface area contributed by atoms with Gasteiger partial charge in [0.1, 0.15) is 35.2 Å². The maximum Gasteiger partial charge on any atom is 1.00 e. The van der Waals surface area contributed by atoms with Gasteiger partial charge < -0.3 is 19.4 Å². The number of anilines is 2. The van der Waals surface area contributed by atoms with Crippen LogP contribution in [0.25, 0.3) is 10.8 Å². The number of hydrogen-bond acceptors (Lipinski definition) is 12. The molecule has 0 amide bonds. The minimum Gasteiger partial charge on any atom is -0.744 e. The molecule has 0 aliphatic rings. The maximum absolute atomic E-state index is 12.9. The molecule has 20 heteroatoms. The van der Waals surface area contributed by atoms with Gasteiger partial charge in [-0.1, -0.05) is 6.07 Å². The molecule has 0 atom stereocenters. The molecule has 3 rings (SSSR count). The van der Waals surface area contributed by atoms with Gasteiger partial charge in [0.15, 0.2) is 0 Å². The summed E-state index contributed by atoms with van der Waals surface area (Å²) < 4.78 is 133. The van der Waals surface area contributed by atoms with Crippen LogP contribution in [0.15, 0.2) is 62.0 Å². The van der Waals surface area contributed by atoms with Gasteiger partial charge in [-0.05, 0) is 48.9 Å². The van der Waals surface area contributed by atoms with Gasteiger partial charge in [-0.2, -0.15) is 0 Å². The Balaban J connectivity index is 0.00000432. The van der Waals surface area contributed by atoms with E-state index in [-0.39, 0.29) is 100 Å². The van der Waals surface area contributed by atoms with Crippen LogP contribution >= 0.6 is 0 Å². The molecule has 0 heterocycles. The van der Waals surface area contributed by atoms with Gasteiger partial charge in [-0.25, -0.2) is 33.7 Å². The molecule has 0 radical (unpaired) electrons. The first kappa shape index (κ1) is 37.2. The third-order valence-electron chi connectivity index (χ3n) is 4.54. The molecule has 0 aliphatic heterocycles. The fraction of sp³-hybridized carbons (Fsp3) is 0.0588. The Morgan fingerprint density at radius 2 is 1.19 bits per heavy atom. The van der Waals surface area contributed by atoms with Crippen LogP contribution in [0.1, 0.15) is 5.56 Å². The molecule has 0 saturated carbocycles. The molecule has 0 aliphatic carbocycles. The van der Waals surface area contributed by atoms with Crippen molar-refractivity contribution in [2.24, 2.45) is 0 Å². The summed E-state index contributed by atoms with van der Waals surface area (Å²) in [5, 5.41) is -1.91. The van der Waals surface area contributed by atoms with E-state index < -0.39 is 76.4 Å². The second-order valence-electron chi connectivity index (χ2n) is 6.96. The van der Waals surface area contributed by atoms with E-state index in [1.807, 2.05) is 4.72 Å². The molecule has 3 N–H and O–H groups in total. The van der Waals surface area contributed by atoms with E-state index >= 15 is 0 Å². The van der Waals surface area contributed by atoms with Crippen LogP contribution in [0.3, 0.4) is 0 Å². The summed E-state index contributed by atoms with van der Waals surface area (Å²) in [5.74, 6) is 0. The van der Waals surface area contributed by atoms with Crippen molar-refractivity contribution in [2.45, 2.75) is 26.5 Å². The van der Waals surface area contributed by atoms with Crippen molar-refractivity contribution in [3.05, 3.63) is 48.0 Å². The van der Waals surface area contributed by atoms with Gasteiger partial charge >= 0.3 is 88.7 Å². The van der Waals surface area contributed by atoms with E-state index in [4.69, 9.17) is 5.73 Å². The number of nitrogens with two attached hydrogens (primary N) is 1. The van der Waals surface area contributed by atoms with Crippen molar-refractivity contribution in [3.63, 3.8) is 0 Å². The number of nitrogens with one attached hydrogen (secondary N) is 1. The summed E-state index contributed by atoms with van der Waals surface area (Å²) in [6, 6.07) is 5.59. The molecule has 3 aromatic carbocycles. The Kier molecular flexibility index (Phi) is 12.9. The van der Waals surface area contributed by atoms with Crippen LogP contribution in [-0.4, -0.2) is 47.3 Å². The van der Waals surface area contributed by atoms with Crippen LogP contribution in [0.2, 0.25) is 0 Å². The molecule has 3 aromatic rings. The average Bonchev–Trinajstić information content (AvgIpc) is 2.64. The molecule has 0 bridgehead atoms. The Morgan fingerprint density at radius 3 is 1.65 bits per heavy atom. The monoisotopic (exact) mass is 618 g/mol. The molecular formula is C17H13N2Na3O11S4. The average molecular weight is 619 g/mol. The third kappa shape index (κ3) is 8.35. The zero-order valence-corrected chi connectivity index (χ0v) is 29.0. The topological polar surface area (TPSA) is 244 Å². The molecular weight excluding hydrogens is 605 g/mol. The number of fused-ring (bicyclic) bond motifs is 1. The predicted octanol–water partition coefficient (Wildman–Crippen LogP) is -8.74. The molecule has 0 unspecified atom stereocenters. The van der Waals surface area contributed by atoms with Crippen molar-refractivity contribution < 1.29 is 136 Å². The zero-order chi connectivity index (χ0) is 25.9. The number of sulfonamides is 1. The van der Waals surface area contributed by atoms with Crippen molar-refractivity contribution in [1.29, 1.82) is 0 Å². The van der Waals surface area contributed by atoms with Crippen LogP contribution in [-0.2, 0) is 40.4 Å². The molecule has 0 spiro atoms. The van der Waals surface area contributed by atoms with Gasteiger partial charge in [0, 0.05) is 10.8 Å². The first-order chi connectivity index (χ1) is 15.3. The van der Waals surface area contributed by atoms with Crippen LogP contribution in [0, 0.1) is 6.92 Å². The van der Waals surface area contributed by atoms with Gasteiger partial charge in [-0.3, -0.25) is 4.72 Å². The molecule has 0 aromatic heterocycles. The first-order valence-corrected chi connectivity index (χ1v) is 14.4. The van der Waals surface area contributed by atoms with Crippen LogP contribution in [0.4, 0.5) is 11.4 Å². The SMILES string of the molecule is Cc1ccc(S(=O)(=O)Nc2ccc(S(=O)(=O)[O-])c3cc(S(=O)(=O)[O-])cc(S(=O)(=O)[O-])c23)c(N)c1.[Na+].[Na+].[Na+]. The molecule has 184 valence electrons. The predicted molar refractivity (Wildman–Crippen MR) is 114 cm³/mol. The Morgan fingerprint density at radius 1 is 0.676 bits per heavy atom. The largest absolute Gasteiger partial charge is 1.00 e. The summed E-state index contributed by atoms with van der Waals surface area (Å²) >= 11 is 0. The summed E-state index contributed by atoms with van der Waals surface area (Å²) in [6.45, 7) is 1.63. The number of aryl methyl sites for hydroxylation is 1. The van der Waals surface area contributed by atoms with E-state index in [2.05, 4.69) is 0 Å². The molecule has 37 heavy (non-hydrogen) atoms. The van der Waals surface area contributed by atoms with Gasteiger partial charge in [0.05, 0.1) is 26.1 Å². The van der Waals surface area contributed by atoms with Crippen molar-refractivity contribution in [1.82, 2.24) is 0 Å². The number of nitrogen functional groups attached to an aromatic ring is 1. The number of benzene rings is 3. The normalized spacial score (nSPS) is 12.1.